The topological polar surface area (TPSA) is 24.1 Å². The van der Waals surface area contributed by atoms with Gasteiger partial charge in [0.05, 0.1) is 0 Å². The van der Waals surface area contributed by atoms with E-state index in [2.05, 4.69) is 81.7 Å². The summed E-state index contributed by atoms with van der Waals surface area (Å²) < 4.78 is 0. The van der Waals surface area contributed by atoms with Gasteiger partial charge in [-0.05, 0) is 68.5 Å². The van der Waals surface area contributed by atoms with Gasteiger partial charge in [0.1, 0.15) is 0 Å². The van der Waals surface area contributed by atoms with Crippen molar-refractivity contribution in [3.63, 3.8) is 0 Å². The number of nitrogens with one attached hydrogen (secondary N) is 2. The van der Waals surface area contributed by atoms with Crippen LogP contribution in [-0.4, -0.2) is 6.04 Å². The van der Waals surface area contributed by atoms with Crippen molar-refractivity contribution in [3.05, 3.63) is 53.6 Å². The van der Waals surface area contributed by atoms with E-state index in [4.69, 9.17) is 0 Å². The fraction of sp³-hybridized carbons (Fsp3) is 0.400. The third-order valence-corrected chi connectivity index (χ3v) is 3.81. The summed E-state index contributed by atoms with van der Waals surface area (Å²) in [5.41, 5.74) is 6.07. The smallest absolute Gasteiger partial charge is 0.0445 e. The lowest BCUT2D eigenvalue weighted by atomic mass is 10.0. The second kappa shape index (κ2) is 7.35. The van der Waals surface area contributed by atoms with Gasteiger partial charge in [-0.3, -0.25) is 0 Å². The first kappa shape index (κ1) is 16.4. The predicted octanol–water partition coefficient (Wildman–Crippen LogP) is 5.89. The first-order valence-corrected chi connectivity index (χ1v) is 8.15. The molecule has 0 saturated heterocycles. The lowest BCUT2D eigenvalue weighted by Crippen LogP contribution is -2.17. The Labute approximate surface area is 135 Å². The van der Waals surface area contributed by atoms with Crippen molar-refractivity contribution in [1.82, 2.24) is 0 Å². The monoisotopic (exact) mass is 296 g/mol. The van der Waals surface area contributed by atoms with Crippen LogP contribution in [0, 0.1) is 19.8 Å². The molecule has 0 aromatic heterocycles. The van der Waals surface area contributed by atoms with E-state index in [1.165, 1.54) is 28.9 Å². The molecule has 0 amide bonds. The average Bonchev–Trinajstić information content (AvgIpc) is 2.43. The maximum atomic E-state index is 3.62. The first-order valence-electron chi connectivity index (χ1n) is 8.15. The van der Waals surface area contributed by atoms with Crippen LogP contribution in [0.25, 0.3) is 0 Å². The summed E-state index contributed by atoms with van der Waals surface area (Å²) in [5, 5.41) is 7.14. The van der Waals surface area contributed by atoms with E-state index in [1.807, 2.05) is 6.07 Å². The Balaban J connectivity index is 2.14. The molecule has 0 saturated carbocycles. The summed E-state index contributed by atoms with van der Waals surface area (Å²) in [4.78, 5) is 0. The lowest BCUT2D eigenvalue weighted by Gasteiger charge is -2.20. The van der Waals surface area contributed by atoms with Crippen LogP contribution in [-0.2, 0) is 0 Å². The van der Waals surface area contributed by atoms with E-state index in [0.717, 1.165) is 5.69 Å². The van der Waals surface area contributed by atoms with Gasteiger partial charge in [0.2, 0.25) is 0 Å². The second-order valence-corrected chi connectivity index (χ2v) is 6.65. The zero-order valence-electron chi connectivity index (χ0n) is 14.4. The Morgan fingerprint density at radius 3 is 2.00 bits per heavy atom. The first-order chi connectivity index (χ1) is 10.5. The van der Waals surface area contributed by atoms with Gasteiger partial charge in [0, 0.05) is 23.1 Å². The Morgan fingerprint density at radius 1 is 0.864 bits per heavy atom. The molecule has 0 aliphatic heterocycles. The summed E-state index contributed by atoms with van der Waals surface area (Å²) >= 11 is 0. The molecule has 0 aliphatic rings. The van der Waals surface area contributed by atoms with Gasteiger partial charge in [0.25, 0.3) is 0 Å². The van der Waals surface area contributed by atoms with Crippen LogP contribution in [0.3, 0.4) is 0 Å². The molecule has 2 aromatic carbocycles. The SMILES string of the molecule is Cc1cc(NC(C)CC(C)C)cc(C)c1Nc1ccccc1. The number of para-hydroxylation sites is 1. The summed E-state index contributed by atoms with van der Waals surface area (Å²) in [6.45, 7) is 11.1. The maximum absolute atomic E-state index is 3.62. The minimum absolute atomic E-state index is 0.492. The molecule has 2 aromatic rings. The van der Waals surface area contributed by atoms with E-state index in [-0.39, 0.29) is 0 Å². The number of aryl methyl sites for hydroxylation is 2. The minimum atomic E-state index is 0.492. The largest absolute Gasteiger partial charge is 0.383 e. The van der Waals surface area contributed by atoms with E-state index < -0.39 is 0 Å². The van der Waals surface area contributed by atoms with Gasteiger partial charge >= 0.3 is 0 Å². The molecule has 0 spiro atoms. The number of hydrogen-bond acceptors (Lipinski definition) is 2. The summed E-state index contributed by atoms with van der Waals surface area (Å²) in [6, 6.07) is 15.3. The Kier molecular flexibility index (Phi) is 5.48. The van der Waals surface area contributed by atoms with Crippen molar-refractivity contribution in [2.24, 2.45) is 5.92 Å². The van der Waals surface area contributed by atoms with Crippen molar-refractivity contribution in [2.75, 3.05) is 10.6 Å². The van der Waals surface area contributed by atoms with Gasteiger partial charge in [0.15, 0.2) is 0 Å². The third kappa shape index (κ3) is 4.52. The molecule has 2 heteroatoms. The van der Waals surface area contributed by atoms with E-state index in [9.17, 15) is 0 Å². The maximum Gasteiger partial charge on any atom is 0.0445 e. The van der Waals surface area contributed by atoms with Crippen molar-refractivity contribution < 1.29 is 0 Å². The van der Waals surface area contributed by atoms with Gasteiger partial charge < -0.3 is 10.6 Å². The number of rotatable bonds is 6. The summed E-state index contributed by atoms with van der Waals surface area (Å²) in [7, 11) is 0. The fourth-order valence-electron chi connectivity index (χ4n) is 2.96. The fourth-order valence-corrected chi connectivity index (χ4v) is 2.96. The van der Waals surface area contributed by atoms with Crippen LogP contribution < -0.4 is 10.6 Å². The molecule has 1 unspecified atom stereocenters. The second-order valence-electron chi connectivity index (χ2n) is 6.65. The molecule has 0 heterocycles. The highest BCUT2D eigenvalue weighted by atomic mass is 14.9. The van der Waals surface area contributed by atoms with Crippen molar-refractivity contribution in [1.29, 1.82) is 0 Å². The molecule has 2 N–H and O–H groups in total. The minimum Gasteiger partial charge on any atom is -0.383 e. The van der Waals surface area contributed by atoms with Crippen molar-refractivity contribution in [3.8, 4) is 0 Å². The summed E-state index contributed by atoms with van der Waals surface area (Å²) in [6.07, 6.45) is 1.18. The third-order valence-electron chi connectivity index (χ3n) is 3.81. The van der Waals surface area contributed by atoms with Gasteiger partial charge in [-0.25, -0.2) is 0 Å². The van der Waals surface area contributed by atoms with Gasteiger partial charge in [-0.15, -0.1) is 0 Å². The van der Waals surface area contributed by atoms with Gasteiger partial charge in [-0.1, -0.05) is 32.0 Å². The predicted molar refractivity (Wildman–Crippen MR) is 98.2 cm³/mol. The highest BCUT2D eigenvalue weighted by Gasteiger charge is 2.09. The van der Waals surface area contributed by atoms with Crippen LogP contribution in [0.15, 0.2) is 42.5 Å². The molecule has 0 fully saturated rings. The Morgan fingerprint density at radius 2 is 1.45 bits per heavy atom. The highest BCUT2D eigenvalue weighted by Crippen LogP contribution is 2.28. The molecule has 0 radical (unpaired) electrons. The highest BCUT2D eigenvalue weighted by molar-refractivity contribution is 5.70. The molecule has 118 valence electrons. The van der Waals surface area contributed by atoms with Crippen molar-refractivity contribution >= 4 is 17.1 Å². The Bertz CT molecular complexity index is 579. The summed E-state index contributed by atoms with van der Waals surface area (Å²) in [5.74, 6) is 0.712. The molecule has 2 nitrogen and oxygen atoms in total. The van der Waals surface area contributed by atoms with Gasteiger partial charge in [-0.2, -0.15) is 0 Å². The van der Waals surface area contributed by atoms with Crippen LogP contribution in [0.2, 0.25) is 0 Å². The molecular formula is C20H28N2. The van der Waals surface area contributed by atoms with Crippen LogP contribution in [0.1, 0.15) is 38.3 Å². The number of anilines is 3. The molecule has 0 bridgehead atoms. The molecule has 1 atom stereocenters. The van der Waals surface area contributed by atoms with E-state index in [1.54, 1.807) is 0 Å². The van der Waals surface area contributed by atoms with Crippen LogP contribution in [0.4, 0.5) is 17.1 Å². The molecule has 22 heavy (non-hydrogen) atoms. The zero-order valence-corrected chi connectivity index (χ0v) is 14.4. The van der Waals surface area contributed by atoms with Crippen molar-refractivity contribution in [2.45, 2.75) is 47.1 Å². The molecule has 2 rings (SSSR count). The lowest BCUT2D eigenvalue weighted by molar-refractivity contribution is 0.540. The quantitative estimate of drug-likeness (QED) is 0.694. The van der Waals surface area contributed by atoms with E-state index in [0.29, 0.717) is 12.0 Å². The zero-order chi connectivity index (χ0) is 16.1. The number of hydrogen-bond donors (Lipinski definition) is 2. The standard InChI is InChI=1S/C20H28N2/c1-14(2)11-17(5)21-19-12-15(3)20(16(4)13-19)22-18-9-7-6-8-10-18/h6-10,12-14,17,21-22H,11H2,1-5H3. The molecular weight excluding hydrogens is 268 g/mol. The van der Waals surface area contributed by atoms with Crippen LogP contribution in [0.5, 0.6) is 0 Å². The van der Waals surface area contributed by atoms with Crippen LogP contribution >= 0.6 is 0 Å². The normalized spacial score (nSPS) is 12.3. The number of benzene rings is 2. The average molecular weight is 296 g/mol. The van der Waals surface area contributed by atoms with E-state index >= 15 is 0 Å². The molecule has 0 aliphatic carbocycles. The Hall–Kier alpha value is -1.96.